The number of rotatable bonds is 3. The van der Waals surface area contributed by atoms with E-state index in [0.717, 1.165) is 33.2 Å². The third-order valence-corrected chi connectivity index (χ3v) is 3.01. The molecule has 0 spiro atoms. The summed E-state index contributed by atoms with van der Waals surface area (Å²) >= 11 is 3.45. The first kappa shape index (κ1) is 12.0. The van der Waals surface area contributed by atoms with Gasteiger partial charge in [-0.05, 0) is 41.1 Å². The number of methoxy groups -OCH3 is 2. The second kappa shape index (κ2) is 4.79. The fourth-order valence-corrected chi connectivity index (χ4v) is 2.23. The van der Waals surface area contributed by atoms with Crippen LogP contribution < -0.4 is 9.47 Å². The number of benzene rings is 1. The lowest BCUT2D eigenvalue weighted by atomic mass is 10.1. The minimum absolute atomic E-state index is 0.762. The van der Waals surface area contributed by atoms with Crippen LogP contribution in [0, 0.1) is 6.92 Å². The maximum Gasteiger partial charge on any atom is 0.128 e. The number of aromatic amines is 1. The van der Waals surface area contributed by atoms with E-state index in [1.807, 2.05) is 25.1 Å². The third-order valence-electron chi connectivity index (χ3n) is 2.44. The molecule has 5 heteroatoms. The highest BCUT2D eigenvalue weighted by atomic mass is 79.9. The minimum Gasteiger partial charge on any atom is -0.497 e. The molecule has 0 saturated carbocycles. The van der Waals surface area contributed by atoms with Crippen LogP contribution in [0.5, 0.6) is 11.5 Å². The summed E-state index contributed by atoms with van der Waals surface area (Å²) in [5, 5.41) is 0. The average molecular weight is 297 g/mol. The summed E-state index contributed by atoms with van der Waals surface area (Å²) < 4.78 is 11.4. The van der Waals surface area contributed by atoms with Gasteiger partial charge in [-0.3, -0.25) is 0 Å². The number of aryl methyl sites for hydroxylation is 1. The zero-order valence-corrected chi connectivity index (χ0v) is 11.5. The van der Waals surface area contributed by atoms with Crippen molar-refractivity contribution in [3.63, 3.8) is 0 Å². The van der Waals surface area contributed by atoms with Crippen molar-refractivity contribution in [2.24, 2.45) is 0 Å². The second-order valence-electron chi connectivity index (χ2n) is 3.55. The fourth-order valence-electron chi connectivity index (χ4n) is 1.64. The quantitative estimate of drug-likeness (QED) is 0.946. The molecule has 1 heterocycles. The highest BCUT2D eigenvalue weighted by molar-refractivity contribution is 9.10. The molecule has 0 fully saturated rings. The van der Waals surface area contributed by atoms with Gasteiger partial charge in [0.2, 0.25) is 0 Å². The van der Waals surface area contributed by atoms with Crippen molar-refractivity contribution in [2.75, 3.05) is 14.2 Å². The molecule has 0 bridgehead atoms. The van der Waals surface area contributed by atoms with Crippen molar-refractivity contribution in [3.05, 3.63) is 28.6 Å². The van der Waals surface area contributed by atoms with Crippen LogP contribution in [0.4, 0.5) is 0 Å². The molecule has 0 unspecified atom stereocenters. The topological polar surface area (TPSA) is 47.1 Å². The van der Waals surface area contributed by atoms with E-state index in [-0.39, 0.29) is 0 Å². The Morgan fingerprint density at radius 1 is 1.24 bits per heavy atom. The Bertz CT molecular complexity index is 537. The number of imidazole rings is 1. The van der Waals surface area contributed by atoms with Gasteiger partial charge in [0, 0.05) is 5.56 Å². The van der Waals surface area contributed by atoms with Gasteiger partial charge in [-0.2, -0.15) is 0 Å². The Morgan fingerprint density at radius 2 is 2.00 bits per heavy atom. The van der Waals surface area contributed by atoms with E-state index in [0.29, 0.717) is 0 Å². The molecule has 0 aliphatic carbocycles. The molecule has 0 atom stereocenters. The lowest BCUT2D eigenvalue weighted by molar-refractivity contribution is 0.404. The summed E-state index contributed by atoms with van der Waals surface area (Å²) in [7, 11) is 3.27. The summed E-state index contributed by atoms with van der Waals surface area (Å²) in [6.45, 7) is 1.90. The molecule has 0 radical (unpaired) electrons. The Hall–Kier alpha value is -1.49. The number of aromatic nitrogens is 2. The number of ether oxygens (including phenoxy) is 2. The van der Waals surface area contributed by atoms with Crippen molar-refractivity contribution in [1.29, 1.82) is 0 Å². The molecule has 0 aliphatic rings. The zero-order chi connectivity index (χ0) is 12.4. The van der Waals surface area contributed by atoms with Gasteiger partial charge in [0.05, 0.1) is 14.2 Å². The van der Waals surface area contributed by atoms with Crippen LogP contribution in [0.1, 0.15) is 5.82 Å². The van der Waals surface area contributed by atoms with E-state index in [9.17, 15) is 0 Å². The Morgan fingerprint density at radius 3 is 2.53 bits per heavy atom. The van der Waals surface area contributed by atoms with Gasteiger partial charge in [0.15, 0.2) is 0 Å². The van der Waals surface area contributed by atoms with Crippen LogP contribution in [0.3, 0.4) is 0 Å². The van der Waals surface area contributed by atoms with Crippen LogP contribution in [0.15, 0.2) is 22.8 Å². The summed E-state index contributed by atoms with van der Waals surface area (Å²) in [6, 6.07) is 5.62. The monoisotopic (exact) mass is 296 g/mol. The lowest BCUT2D eigenvalue weighted by Crippen LogP contribution is -1.91. The van der Waals surface area contributed by atoms with E-state index < -0.39 is 0 Å². The second-order valence-corrected chi connectivity index (χ2v) is 4.34. The number of nitrogens with zero attached hydrogens (tertiary/aromatic N) is 1. The molecule has 0 aliphatic heterocycles. The molecule has 1 aromatic heterocycles. The van der Waals surface area contributed by atoms with Gasteiger partial charge in [-0.25, -0.2) is 4.98 Å². The smallest absolute Gasteiger partial charge is 0.128 e. The van der Waals surface area contributed by atoms with Crippen molar-refractivity contribution < 1.29 is 9.47 Å². The Kier molecular flexibility index (Phi) is 3.38. The summed E-state index contributed by atoms with van der Waals surface area (Å²) in [5.74, 6) is 2.38. The van der Waals surface area contributed by atoms with E-state index in [1.165, 1.54) is 0 Å². The van der Waals surface area contributed by atoms with Crippen LogP contribution in [0.25, 0.3) is 11.3 Å². The molecule has 90 valence electrons. The fraction of sp³-hybridized carbons (Fsp3) is 0.250. The maximum atomic E-state index is 5.33. The molecule has 17 heavy (non-hydrogen) atoms. The standard InChI is InChI=1S/C12H13BrN2O2/c1-7-14-11(12(13)15-7)9-6-8(16-2)4-5-10(9)17-3/h4-6H,1-3H3,(H,14,15). The molecule has 0 amide bonds. The number of hydrogen-bond donors (Lipinski definition) is 1. The van der Waals surface area contributed by atoms with Crippen LogP contribution in [0.2, 0.25) is 0 Å². The Labute approximate surface area is 108 Å². The van der Waals surface area contributed by atoms with E-state index >= 15 is 0 Å². The molecule has 2 rings (SSSR count). The van der Waals surface area contributed by atoms with Gasteiger partial charge < -0.3 is 14.5 Å². The largest absolute Gasteiger partial charge is 0.497 e. The molecule has 1 aromatic carbocycles. The van der Waals surface area contributed by atoms with Crippen molar-refractivity contribution >= 4 is 15.9 Å². The molecular formula is C12H13BrN2O2. The number of H-pyrrole nitrogens is 1. The van der Waals surface area contributed by atoms with Gasteiger partial charge >= 0.3 is 0 Å². The third kappa shape index (κ3) is 2.29. The first-order chi connectivity index (χ1) is 8.15. The first-order valence-electron chi connectivity index (χ1n) is 5.10. The summed E-state index contributed by atoms with van der Waals surface area (Å²) in [4.78, 5) is 7.53. The highest BCUT2D eigenvalue weighted by Gasteiger charge is 2.14. The van der Waals surface area contributed by atoms with Gasteiger partial charge in [-0.15, -0.1) is 0 Å². The zero-order valence-electron chi connectivity index (χ0n) is 9.87. The number of nitrogens with one attached hydrogen (secondary N) is 1. The SMILES string of the molecule is COc1ccc(OC)c(-c2nc(C)[nH]c2Br)c1. The van der Waals surface area contributed by atoms with Crippen LogP contribution >= 0.6 is 15.9 Å². The highest BCUT2D eigenvalue weighted by Crippen LogP contribution is 2.35. The summed E-state index contributed by atoms with van der Waals surface area (Å²) in [5.41, 5.74) is 1.71. The van der Waals surface area contributed by atoms with Gasteiger partial charge in [-0.1, -0.05) is 0 Å². The average Bonchev–Trinajstić information content (AvgIpc) is 2.67. The van der Waals surface area contributed by atoms with Crippen molar-refractivity contribution in [3.8, 4) is 22.8 Å². The number of hydrogen-bond acceptors (Lipinski definition) is 3. The molecule has 4 nitrogen and oxygen atoms in total. The predicted octanol–water partition coefficient (Wildman–Crippen LogP) is 3.16. The number of halogens is 1. The Balaban J connectivity index is 2.59. The lowest BCUT2D eigenvalue weighted by Gasteiger charge is -2.08. The first-order valence-corrected chi connectivity index (χ1v) is 5.89. The normalized spacial score (nSPS) is 10.4. The van der Waals surface area contributed by atoms with Crippen LogP contribution in [-0.2, 0) is 0 Å². The maximum absolute atomic E-state index is 5.33. The van der Waals surface area contributed by atoms with Gasteiger partial charge in [0.25, 0.3) is 0 Å². The van der Waals surface area contributed by atoms with E-state index in [2.05, 4.69) is 25.9 Å². The molecule has 0 saturated heterocycles. The molecule has 1 N–H and O–H groups in total. The van der Waals surface area contributed by atoms with E-state index in [1.54, 1.807) is 14.2 Å². The molecule has 2 aromatic rings. The van der Waals surface area contributed by atoms with Gasteiger partial charge in [0.1, 0.15) is 27.6 Å². The minimum atomic E-state index is 0.762. The van der Waals surface area contributed by atoms with Crippen LogP contribution in [-0.4, -0.2) is 24.2 Å². The van der Waals surface area contributed by atoms with Crippen molar-refractivity contribution in [1.82, 2.24) is 9.97 Å². The molecular weight excluding hydrogens is 284 g/mol. The van der Waals surface area contributed by atoms with E-state index in [4.69, 9.17) is 9.47 Å². The predicted molar refractivity (Wildman–Crippen MR) is 69.6 cm³/mol. The van der Waals surface area contributed by atoms with Crippen molar-refractivity contribution in [2.45, 2.75) is 6.92 Å². The summed E-state index contributed by atoms with van der Waals surface area (Å²) in [6.07, 6.45) is 0.